The molecule has 1 saturated heterocycles. The molecule has 66 valence electrons. The summed E-state index contributed by atoms with van der Waals surface area (Å²) in [5, 5.41) is 6.07. The van der Waals surface area contributed by atoms with E-state index in [1.165, 1.54) is 43.9 Å². The van der Waals surface area contributed by atoms with Crippen molar-refractivity contribution in [3.63, 3.8) is 0 Å². The minimum absolute atomic E-state index is 0.997. The highest BCUT2D eigenvalue weighted by molar-refractivity contribution is 7.03. The fourth-order valence-electron chi connectivity index (χ4n) is 1.60. The third kappa shape index (κ3) is 2.01. The van der Waals surface area contributed by atoms with Crippen molar-refractivity contribution in [2.24, 2.45) is 0 Å². The van der Waals surface area contributed by atoms with Crippen molar-refractivity contribution in [2.45, 2.75) is 25.8 Å². The summed E-state index contributed by atoms with van der Waals surface area (Å²) >= 11 is 1.44. The van der Waals surface area contributed by atoms with E-state index in [-0.39, 0.29) is 0 Å². The molecule has 1 aromatic rings. The Balaban J connectivity index is 1.86. The predicted octanol–water partition coefficient (Wildman–Crippen LogP) is 1.52. The fourth-order valence-corrected chi connectivity index (χ4v) is 2.04. The standard InChI is InChI=1S/C8H13N3S/c1-2-4-11(5-3-1)6-8-7-12-10-9-8/h7H,1-6H2. The fraction of sp³-hybridized carbons (Fsp3) is 0.750. The molecule has 0 aliphatic carbocycles. The van der Waals surface area contributed by atoms with Gasteiger partial charge in [-0.3, -0.25) is 4.90 Å². The van der Waals surface area contributed by atoms with E-state index in [2.05, 4.69) is 14.5 Å². The van der Waals surface area contributed by atoms with Gasteiger partial charge < -0.3 is 0 Å². The second-order valence-electron chi connectivity index (χ2n) is 3.23. The molecule has 0 aromatic carbocycles. The molecule has 12 heavy (non-hydrogen) atoms. The van der Waals surface area contributed by atoms with Crippen LogP contribution >= 0.6 is 11.5 Å². The summed E-state index contributed by atoms with van der Waals surface area (Å²) < 4.78 is 3.85. The van der Waals surface area contributed by atoms with Gasteiger partial charge in [0.2, 0.25) is 0 Å². The van der Waals surface area contributed by atoms with Crippen LogP contribution in [0.4, 0.5) is 0 Å². The summed E-state index contributed by atoms with van der Waals surface area (Å²) in [5.41, 5.74) is 1.13. The molecule has 1 aliphatic heterocycles. The maximum atomic E-state index is 4.04. The number of hydrogen-bond acceptors (Lipinski definition) is 4. The second-order valence-corrected chi connectivity index (χ2v) is 3.84. The molecule has 0 saturated carbocycles. The normalized spacial score (nSPS) is 19.7. The largest absolute Gasteiger partial charge is 0.297 e. The first-order valence-corrected chi connectivity index (χ1v) is 5.27. The second kappa shape index (κ2) is 3.96. The molecule has 0 amide bonds. The maximum absolute atomic E-state index is 4.04. The average Bonchev–Trinajstić information content (AvgIpc) is 2.59. The van der Waals surface area contributed by atoms with Gasteiger partial charge in [0.05, 0.1) is 5.69 Å². The summed E-state index contributed by atoms with van der Waals surface area (Å²) in [4.78, 5) is 2.46. The number of likely N-dealkylation sites (tertiary alicyclic amines) is 1. The Morgan fingerprint density at radius 2 is 2.17 bits per heavy atom. The van der Waals surface area contributed by atoms with E-state index in [1.807, 2.05) is 5.38 Å². The highest BCUT2D eigenvalue weighted by atomic mass is 32.1. The molecular formula is C8H13N3S. The van der Waals surface area contributed by atoms with Crippen LogP contribution in [-0.4, -0.2) is 27.6 Å². The summed E-state index contributed by atoms with van der Waals surface area (Å²) in [6, 6.07) is 0. The van der Waals surface area contributed by atoms with Crippen LogP contribution in [0.5, 0.6) is 0 Å². The Kier molecular flexibility index (Phi) is 2.68. The topological polar surface area (TPSA) is 29.0 Å². The van der Waals surface area contributed by atoms with E-state index in [9.17, 15) is 0 Å². The number of rotatable bonds is 2. The van der Waals surface area contributed by atoms with Crippen LogP contribution in [0.2, 0.25) is 0 Å². The van der Waals surface area contributed by atoms with Crippen molar-refractivity contribution < 1.29 is 0 Å². The van der Waals surface area contributed by atoms with Gasteiger partial charge in [-0.25, -0.2) is 0 Å². The van der Waals surface area contributed by atoms with Gasteiger partial charge in [-0.15, -0.1) is 5.10 Å². The quantitative estimate of drug-likeness (QED) is 0.696. The predicted molar refractivity (Wildman–Crippen MR) is 49.0 cm³/mol. The highest BCUT2D eigenvalue weighted by Crippen LogP contribution is 2.11. The molecular weight excluding hydrogens is 170 g/mol. The Labute approximate surface area is 76.6 Å². The molecule has 2 rings (SSSR count). The van der Waals surface area contributed by atoms with Crippen molar-refractivity contribution in [3.05, 3.63) is 11.1 Å². The van der Waals surface area contributed by atoms with Gasteiger partial charge in [0, 0.05) is 11.9 Å². The third-order valence-electron chi connectivity index (χ3n) is 2.24. The van der Waals surface area contributed by atoms with Gasteiger partial charge in [0.15, 0.2) is 0 Å². The van der Waals surface area contributed by atoms with Gasteiger partial charge in [-0.2, -0.15) is 0 Å². The third-order valence-corrected chi connectivity index (χ3v) is 2.79. The first-order valence-electron chi connectivity index (χ1n) is 4.43. The Hall–Kier alpha value is -0.480. The van der Waals surface area contributed by atoms with Crippen molar-refractivity contribution >= 4 is 11.5 Å². The molecule has 1 fully saturated rings. The first kappa shape index (κ1) is 8.13. The van der Waals surface area contributed by atoms with E-state index in [4.69, 9.17) is 0 Å². The molecule has 0 N–H and O–H groups in total. The van der Waals surface area contributed by atoms with Crippen LogP contribution in [0.15, 0.2) is 5.38 Å². The molecule has 0 radical (unpaired) electrons. The van der Waals surface area contributed by atoms with Crippen LogP contribution in [0.3, 0.4) is 0 Å². The van der Waals surface area contributed by atoms with E-state index >= 15 is 0 Å². The lowest BCUT2D eigenvalue weighted by Crippen LogP contribution is -2.29. The molecule has 0 unspecified atom stereocenters. The number of piperidine rings is 1. The van der Waals surface area contributed by atoms with E-state index in [0.717, 1.165) is 12.2 Å². The Bertz CT molecular complexity index is 216. The highest BCUT2D eigenvalue weighted by Gasteiger charge is 2.10. The zero-order valence-electron chi connectivity index (χ0n) is 7.07. The number of aromatic nitrogens is 2. The zero-order valence-corrected chi connectivity index (χ0v) is 7.89. The average molecular weight is 183 g/mol. The molecule has 0 bridgehead atoms. The van der Waals surface area contributed by atoms with Gasteiger partial charge in [-0.1, -0.05) is 10.9 Å². The summed E-state index contributed by atoms with van der Waals surface area (Å²) in [6.45, 7) is 3.46. The van der Waals surface area contributed by atoms with E-state index in [1.54, 1.807) is 0 Å². The molecule has 4 heteroatoms. The van der Waals surface area contributed by atoms with Gasteiger partial charge >= 0.3 is 0 Å². The molecule has 3 nitrogen and oxygen atoms in total. The van der Waals surface area contributed by atoms with Crippen molar-refractivity contribution in [1.29, 1.82) is 0 Å². The van der Waals surface area contributed by atoms with Crippen molar-refractivity contribution in [1.82, 2.24) is 14.5 Å². The lowest BCUT2D eigenvalue weighted by molar-refractivity contribution is 0.218. The Morgan fingerprint density at radius 3 is 2.83 bits per heavy atom. The number of nitrogens with zero attached hydrogens (tertiary/aromatic N) is 3. The lowest BCUT2D eigenvalue weighted by Gasteiger charge is -2.25. The molecule has 0 atom stereocenters. The minimum atomic E-state index is 0.997. The van der Waals surface area contributed by atoms with Crippen LogP contribution < -0.4 is 0 Å². The van der Waals surface area contributed by atoms with E-state index in [0.29, 0.717) is 0 Å². The number of hydrogen-bond donors (Lipinski definition) is 0. The zero-order chi connectivity index (χ0) is 8.23. The van der Waals surface area contributed by atoms with Crippen molar-refractivity contribution in [3.8, 4) is 0 Å². The Morgan fingerprint density at radius 1 is 1.33 bits per heavy atom. The smallest absolute Gasteiger partial charge is 0.0895 e. The summed E-state index contributed by atoms with van der Waals surface area (Å²) in [5.74, 6) is 0. The van der Waals surface area contributed by atoms with E-state index < -0.39 is 0 Å². The summed E-state index contributed by atoms with van der Waals surface area (Å²) in [6.07, 6.45) is 4.08. The monoisotopic (exact) mass is 183 g/mol. The maximum Gasteiger partial charge on any atom is 0.0895 e. The van der Waals surface area contributed by atoms with Crippen LogP contribution in [0, 0.1) is 0 Å². The first-order chi connectivity index (χ1) is 5.95. The molecule has 1 aromatic heterocycles. The van der Waals surface area contributed by atoms with Crippen LogP contribution in [0.25, 0.3) is 0 Å². The van der Waals surface area contributed by atoms with Crippen LogP contribution in [0.1, 0.15) is 25.0 Å². The SMILES string of the molecule is c1snnc1CN1CCCCC1. The van der Waals surface area contributed by atoms with Crippen molar-refractivity contribution in [2.75, 3.05) is 13.1 Å². The van der Waals surface area contributed by atoms with Gasteiger partial charge in [0.25, 0.3) is 0 Å². The molecule has 1 aliphatic rings. The van der Waals surface area contributed by atoms with Gasteiger partial charge in [0.1, 0.15) is 0 Å². The van der Waals surface area contributed by atoms with Gasteiger partial charge in [-0.05, 0) is 37.5 Å². The minimum Gasteiger partial charge on any atom is -0.297 e. The lowest BCUT2D eigenvalue weighted by atomic mass is 10.1. The molecule has 2 heterocycles. The van der Waals surface area contributed by atoms with Crippen LogP contribution in [-0.2, 0) is 6.54 Å². The molecule has 0 spiro atoms. The summed E-state index contributed by atoms with van der Waals surface area (Å²) in [7, 11) is 0.